The summed E-state index contributed by atoms with van der Waals surface area (Å²) in [6.45, 7) is 7.54. The summed E-state index contributed by atoms with van der Waals surface area (Å²) in [5, 5.41) is 4.27. The van der Waals surface area contributed by atoms with E-state index in [-0.39, 0.29) is 6.04 Å². The maximum atomic E-state index is 6.18. The molecular weight excluding hydrogens is 326 g/mol. The van der Waals surface area contributed by atoms with Gasteiger partial charge in [-0.1, -0.05) is 38.8 Å². The molecule has 0 aromatic heterocycles. The Kier molecular flexibility index (Phi) is 7.19. The summed E-state index contributed by atoms with van der Waals surface area (Å²) < 4.78 is 6.44. The van der Waals surface area contributed by atoms with Gasteiger partial charge in [-0.15, -0.1) is 0 Å². The normalized spacial score (nSPS) is 14.2. The predicted octanol–water partition coefficient (Wildman–Crippen LogP) is 5.20. The maximum absolute atomic E-state index is 6.18. The molecule has 0 bridgehead atoms. The standard InChI is InChI=1S/C15H23BrClNO/c1-5-10(3)7-14(18-6-2)12-8-11(17)9-13(16)15(12)19-4/h8-10,14,18H,5-7H2,1-4H3. The molecule has 0 saturated carbocycles. The minimum Gasteiger partial charge on any atom is -0.495 e. The number of hydrogen-bond acceptors (Lipinski definition) is 2. The van der Waals surface area contributed by atoms with Crippen molar-refractivity contribution in [2.75, 3.05) is 13.7 Å². The summed E-state index contributed by atoms with van der Waals surface area (Å²) in [5.74, 6) is 1.53. The van der Waals surface area contributed by atoms with Crippen molar-refractivity contribution in [2.24, 2.45) is 5.92 Å². The van der Waals surface area contributed by atoms with Crippen LogP contribution in [0.25, 0.3) is 0 Å². The molecule has 19 heavy (non-hydrogen) atoms. The molecular formula is C15H23BrClNO. The van der Waals surface area contributed by atoms with Crippen molar-refractivity contribution < 1.29 is 4.74 Å². The van der Waals surface area contributed by atoms with Crippen LogP contribution in [0.1, 0.15) is 45.2 Å². The number of halogens is 2. The minimum atomic E-state index is 0.268. The highest BCUT2D eigenvalue weighted by molar-refractivity contribution is 9.10. The van der Waals surface area contributed by atoms with Crippen LogP contribution >= 0.6 is 27.5 Å². The predicted molar refractivity (Wildman–Crippen MR) is 86.2 cm³/mol. The molecule has 2 nitrogen and oxygen atoms in total. The summed E-state index contributed by atoms with van der Waals surface area (Å²) in [6.07, 6.45) is 2.25. The van der Waals surface area contributed by atoms with Crippen molar-refractivity contribution in [3.05, 3.63) is 27.2 Å². The third-order valence-corrected chi connectivity index (χ3v) is 4.21. The van der Waals surface area contributed by atoms with E-state index in [9.17, 15) is 0 Å². The van der Waals surface area contributed by atoms with Crippen LogP contribution < -0.4 is 10.1 Å². The van der Waals surface area contributed by atoms with Gasteiger partial charge in [-0.25, -0.2) is 0 Å². The zero-order valence-electron chi connectivity index (χ0n) is 12.1. The van der Waals surface area contributed by atoms with Crippen LogP contribution in [0.4, 0.5) is 0 Å². The zero-order chi connectivity index (χ0) is 14.4. The first kappa shape index (κ1) is 16.8. The average molecular weight is 349 g/mol. The molecule has 1 aromatic carbocycles. The second-order valence-electron chi connectivity index (χ2n) is 4.87. The SMILES string of the molecule is CCNC(CC(C)CC)c1cc(Cl)cc(Br)c1OC. The van der Waals surface area contributed by atoms with Crippen LogP contribution in [0.2, 0.25) is 5.02 Å². The molecule has 1 aromatic rings. The van der Waals surface area contributed by atoms with Gasteiger partial charge in [0, 0.05) is 16.6 Å². The van der Waals surface area contributed by atoms with Gasteiger partial charge in [-0.2, -0.15) is 0 Å². The molecule has 0 aliphatic rings. The molecule has 108 valence electrons. The first-order valence-electron chi connectivity index (χ1n) is 6.79. The van der Waals surface area contributed by atoms with Crippen molar-refractivity contribution in [1.29, 1.82) is 0 Å². The molecule has 4 heteroatoms. The van der Waals surface area contributed by atoms with Gasteiger partial charge in [-0.3, -0.25) is 0 Å². The van der Waals surface area contributed by atoms with Crippen LogP contribution in [-0.4, -0.2) is 13.7 Å². The summed E-state index contributed by atoms with van der Waals surface area (Å²) in [7, 11) is 1.70. The van der Waals surface area contributed by atoms with Crippen molar-refractivity contribution in [3.63, 3.8) is 0 Å². The summed E-state index contributed by atoms with van der Waals surface area (Å²) in [4.78, 5) is 0. The van der Waals surface area contributed by atoms with Gasteiger partial charge < -0.3 is 10.1 Å². The Labute approximate surface area is 130 Å². The summed E-state index contributed by atoms with van der Waals surface area (Å²) in [5.41, 5.74) is 1.13. The van der Waals surface area contributed by atoms with Gasteiger partial charge in [0.25, 0.3) is 0 Å². The molecule has 2 atom stereocenters. The van der Waals surface area contributed by atoms with E-state index in [1.165, 1.54) is 6.42 Å². The Hall–Kier alpha value is -0.250. The Balaban J connectivity index is 3.13. The lowest BCUT2D eigenvalue weighted by atomic mass is 9.93. The molecule has 0 radical (unpaired) electrons. The minimum absolute atomic E-state index is 0.268. The molecule has 0 aliphatic heterocycles. The zero-order valence-corrected chi connectivity index (χ0v) is 14.4. The topological polar surface area (TPSA) is 21.3 Å². The fourth-order valence-corrected chi connectivity index (χ4v) is 3.19. The number of rotatable bonds is 7. The number of nitrogens with one attached hydrogen (secondary N) is 1. The fourth-order valence-electron chi connectivity index (χ4n) is 2.19. The highest BCUT2D eigenvalue weighted by Gasteiger charge is 2.20. The van der Waals surface area contributed by atoms with Gasteiger partial charge in [0.15, 0.2) is 0 Å². The second-order valence-corrected chi connectivity index (χ2v) is 6.16. The number of ether oxygens (including phenoxy) is 1. The van der Waals surface area contributed by atoms with E-state index in [1.54, 1.807) is 7.11 Å². The highest BCUT2D eigenvalue weighted by atomic mass is 79.9. The lowest BCUT2D eigenvalue weighted by Gasteiger charge is -2.24. The van der Waals surface area contributed by atoms with E-state index in [0.29, 0.717) is 5.92 Å². The Bertz CT molecular complexity index is 411. The second kappa shape index (κ2) is 8.13. The van der Waals surface area contributed by atoms with Gasteiger partial charge in [0.05, 0.1) is 11.6 Å². The van der Waals surface area contributed by atoms with Crippen LogP contribution in [0.3, 0.4) is 0 Å². The van der Waals surface area contributed by atoms with Crippen LogP contribution in [0, 0.1) is 5.92 Å². The van der Waals surface area contributed by atoms with E-state index < -0.39 is 0 Å². The van der Waals surface area contributed by atoms with E-state index in [2.05, 4.69) is 42.0 Å². The molecule has 0 spiro atoms. The summed E-state index contributed by atoms with van der Waals surface area (Å²) in [6, 6.07) is 4.14. The Morgan fingerprint density at radius 3 is 2.58 bits per heavy atom. The van der Waals surface area contributed by atoms with Gasteiger partial charge in [-0.05, 0) is 46.9 Å². The molecule has 0 amide bonds. The van der Waals surface area contributed by atoms with Gasteiger partial charge in [0.2, 0.25) is 0 Å². The Morgan fingerprint density at radius 2 is 2.05 bits per heavy atom. The van der Waals surface area contributed by atoms with Gasteiger partial charge in [0.1, 0.15) is 5.75 Å². The van der Waals surface area contributed by atoms with Crippen molar-refractivity contribution in [1.82, 2.24) is 5.32 Å². The number of benzene rings is 1. The molecule has 0 fully saturated rings. The smallest absolute Gasteiger partial charge is 0.137 e. The van der Waals surface area contributed by atoms with E-state index >= 15 is 0 Å². The third-order valence-electron chi connectivity index (χ3n) is 3.40. The van der Waals surface area contributed by atoms with Crippen LogP contribution in [0.5, 0.6) is 5.75 Å². The quantitative estimate of drug-likeness (QED) is 0.731. The van der Waals surface area contributed by atoms with E-state index in [0.717, 1.165) is 33.8 Å². The number of hydrogen-bond donors (Lipinski definition) is 1. The van der Waals surface area contributed by atoms with Crippen molar-refractivity contribution in [3.8, 4) is 5.75 Å². The monoisotopic (exact) mass is 347 g/mol. The van der Waals surface area contributed by atoms with Crippen LogP contribution in [0.15, 0.2) is 16.6 Å². The fraction of sp³-hybridized carbons (Fsp3) is 0.600. The van der Waals surface area contributed by atoms with Crippen molar-refractivity contribution in [2.45, 2.75) is 39.7 Å². The maximum Gasteiger partial charge on any atom is 0.137 e. The molecule has 0 heterocycles. The average Bonchev–Trinajstić information content (AvgIpc) is 2.37. The van der Waals surface area contributed by atoms with Crippen LogP contribution in [-0.2, 0) is 0 Å². The lowest BCUT2D eigenvalue weighted by Crippen LogP contribution is -2.23. The van der Waals surface area contributed by atoms with Gasteiger partial charge >= 0.3 is 0 Å². The first-order chi connectivity index (χ1) is 9.03. The van der Waals surface area contributed by atoms with Crippen molar-refractivity contribution >= 4 is 27.5 Å². The molecule has 0 saturated heterocycles. The molecule has 1 N–H and O–H groups in total. The number of methoxy groups -OCH3 is 1. The Morgan fingerprint density at radius 1 is 1.37 bits per heavy atom. The van der Waals surface area contributed by atoms with E-state index in [1.807, 2.05) is 12.1 Å². The third kappa shape index (κ3) is 4.66. The first-order valence-corrected chi connectivity index (χ1v) is 7.96. The highest BCUT2D eigenvalue weighted by Crippen LogP contribution is 2.38. The van der Waals surface area contributed by atoms with E-state index in [4.69, 9.17) is 16.3 Å². The molecule has 1 rings (SSSR count). The summed E-state index contributed by atoms with van der Waals surface area (Å²) >= 11 is 9.70. The molecule has 0 aliphatic carbocycles. The largest absolute Gasteiger partial charge is 0.495 e. The lowest BCUT2D eigenvalue weighted by molar-refractivity contribution is 0.372. The molecule has 2 unspecified atom stereocenters.